The molecule has 2 unspecified atom stereocenters. The standard InChI is InChI=1S/C15H23FN2O2S/c1-11-3-2-4-12(9-11)7-8-18-21(19,20)15-10-13(16)5-6-14(15)17/h5-6,10-12,18H,2-4,7-9,17H2,1H3. The first-order valence-electron chi connectivity index (χ1n) is 7.43. The van der Waals surface area contributed by atoms with Gasteiger partial charge in [-0.2, -0.15) is 0 Å². The van der Waals surface area contributed by atoms with Crippen molar-refractivity contribution in [1.29, 1.82) is 0 Å². The number of nitrogens with two attached hydrogens (primary N) is 1. The molecule has 118 valence electrons. The maximum Gasteiger partial charge on any atom is 0.242 e. The van der Waals surface area contributed by atoms with E-state index in [9.17, 15) is 12.8 Å². The smallest absolute Gasteiger partial charge is 0.242 e. The Morgan fingerprint density at radius 2 is 2.14 bits per heavy atom. The summed E-state index contributed by atoms with van der Waals surface area (Å²) in [6.07, 6.45) is 5.62. The van der Waals surface area contributed by atoms with Crippen LogP contribution in [0.1, 0.15) is 39.0 Å². The van der Waals surface area contributed by atoms with Gasteiger partial charge in [-0.25, -0.2) is 17.5 Å². The van der Waals surface area contributed by atoms with Crippen LogP contribution in [0.2, 0.25) is 0 Å². The maximum absolute atomic E-state index is 13.2. The van der Waals surface area contributed by atoms with Crippen LogP contribution in [0.4, 0.5) is 10.1 Å². The lowest BCUT2D eigenvalue weighted by Gasteiger charge is -2.26. The largest absolute Gasteiger partial charge is 0.398 e. The van der Waals surface area contributed by atoms with Gasteiger partial charge in [-0.05, 0) is 42.9 Å². The van der Waals surface area contributed by atoms with Gasteiger partial charge in [0.1, 0.15) is 10.7 Å². The van der Waals surface area contributed by atoms with E-state index in [1.165, 1.54) is 18.9 Å². The third-order valence-corrected chi connectivity index (χ3v) is 5.67. The molecule has 0 radical (unpaired) electrons. The first-order chi connectivity index (χ1) is 9.88. The molecule has 0 bridgehead atoms. The van der Waals surface area contributed by atoms with Gasteiger partial charge >= 0.3 is 0 Å². The number of hydrogen-bond donors (Lipinski definition) is 2. The van der Waals surface area contributed by atoms with Crippen LogP contribution in [0, 0.1) is 17.7 Å². The van der Waals surface area contributed by atoms with E-state index >= 15 is 0 Å². The highest BCUT2D eigenvalue weighted by Gasteiger charge is 2.21. The van der Waals surface area contributed by atoms with E-state index in [0.717, 1.165) is 37.3 Å². The molecule has 0 amide bonds. The van der Waals surface area contributed by atoms with Crippen LogP contribution in [0.5, 0.6) is 0 Å². The number of anilines is 1. The molecule has 1 fully saturated rings. The average Bonchev–Trinajstić information content (AvgIpc) is 2.41. The molecule has 0 aliphatic heterocycles. The molecule has 3 N–H and O–H groups in total. The molecule has 0 aromatic heterocycles. The van der Waals surface area contributed by atoms with Crippen molar-refractivity contribution in [3.63, 3.8) is 0 Å². The van der Waals surface area contributed by atoms with Crippen LogP contribution in [0.3, 0.4) is 0 Å². The summed E-state index contributed by atoms with van der Waals surface area (Å²) in [5, 5.41) is 0. The molecule has 21 heavy (non-hydrogen) atoms. The summed E-state index contributed by atoms with van der Waals surface area (Å²) in [5.41, 5.74) is 5.69. The quantitative estimate of drug-likeness (QED) is 0.821. The monoisotopic (exact) mass is 314 g/mol. The highest BCUT2D eigenvalue weighted by atomic mass is 32.2. The number of halogens is 1. The van der Waals surface area contributed by atoms with E-state index in [1.807, 2.05) is 0 Å². The molecule has 1 aliphatic carbocycles. The highest BCUT2D eigenvalue weighted by Crippen LogP contribution is 2.30. The normalized spacial score (nSPS) is 23.1. The summed E-state index contributed by atoms with van der Waals surface area (Å²) in [5.74, 6) is 0.686. The van der Waals surface area contributed by atoms with Gasteiger partial charge in [-0.1, -0.05) is 26.2 Å². The minimum absolute atomic E-state index is 0.0650. The van der Waals surface area contributed by atoms with Gasteiger partial charge in [0, 0.05) is 6.54 Å². The Morgan fingerprint density at radius 1 is 1.38 bits per heavy atom. The summed E-state index contributed by atoms with van der Waals surface area (Å²) in [7, 11) is -3.74. The second kappa shape index (κ2) is 6.75. The van der Waals surface area contributed by atoms with Gasteiger partial charge < -0.3 is 5.73 Å². The second-order valence-corrected chi connectivity index (χ2v) is 7.74. The van der Waals surface area contributed by atoms with Gasteiger partial charge in [0.15, 0.2) is 0 Å². The van der Waals surface area contributed by atoms with E-state index in [4.69, 9.17) is 5.73 Å². The van der Waals surface area contributed by atoms with Crippen molar-refractivity contribution >= 4 is 15.7 Å². The van der Waals surface area contributed by atoms with E-state index in [0.29, 0.717) is 12.5 Å². The van der Waals surface area contributed by atoms with Crippen LogP contribution in [0.15, 0.2) is 23.1 Å². The van der Waals surface area contributed by atoms with Gasteiger partial charge in [0.2, 0.25) is 10.0 Å². The van der Waals surface area contributed by atoms with Crippen molar-refractivity contribution in [3.8, 4) is 0 Å². The van der Waals surface area contributed by atoms with Crippen LogP contribution in [-0.2, 0) is 10.0 Å². The van der Waals surface area contributed by atoms with Crippen LogP contribution in [-0.4, -0.2) is 15.0 Å². The Bertz CT molecular complexity index is 589. The predicted molar refractivity (Wildman–Crippen MR) is 81.7 cm³/mol. The molecule has 2 rings (SSSR count). The first-order valence-corrected chi connectivity index (χ1v) is 8.91. The molecule has 1 aromatic carbocycles. The summed E-state index contributed by atoms with van der Waals surface area (Å²) < 4.78 is 40.0. The third-order valence-electron chi connectivity index (χ3n) is 4.15. The minimum atomic E-state index is -3.74. The fraction of sp³-hybridized carbons (Fsp3) is 0.600. The lowest BCUT2D eigenvalue weighted by Crippen LogP contribution is -2.28. The zero-order valence-electron chi connectivity index (χ0n) is 12.3. The number of rotatable bonds is 5. The zero-order valence-corrected chi connectivity index (χ0v) is 13.1. The molecule has 1 aromatic rings. The highest BCUT2D eigenvalue weighted by molar-refractivity contribution is 7.89. The number of hydrogen-bond acceptors (Lipinski definition) is 3. The Morgan fingerprint density at radius 3 is 2.86 bits per heavy atom. The fourth-order valence-corrected chi connectivity index (χ4v) is 4.23. The third kappa shape index (κ3) is 4.41. The first kappa shape index (κ1) is 16.2. The second-order valence-electron chi connectivity index (χ2n) is 6.01. The van der Waals surface area contributed by atoms with Gasteiger partial charge in [0.05, 0.1) is 5.69 Å². The Balaban J connectivity index is 1.93. The van der Waals surface area contributed by atoms with Crippen molar-refractivity contribution in [1.82, 2.24) is 4.72 Å². The number of benzene rings is 1. The number of sulfonamides is 1. The molecule has 0 spiro atoms. The topological polar surface area (TPSA) is 72.2 Å². The molecular formula is C15H23FN2O2S. The molecular weight excluding hydrogens is 291 g/mol. The predicted octanol–water partition coefficient (Wildman–Crippen LogP) is 2.90. The molecule has 0 saturated heterocycles. The lowest BCUT2D eigenvalue weighted by atomic mass is 9.81. The van der Waals surface area contributed by atoms with Crippen molar-refractivity contribution in [2.75, 3.05) is 12.3 Å². The van der Waals surface area contributed by atoms with Gasteiger partial charge in [-0.3, -0.25) is 0 Å². The summed E-state index contributed by atoms with van der Waals surface area (Å²) >= 11 is 0. The van der Waals surface area contributed by atoms with Crippen LogP contribution in [0.25, 0.3) is 0 Å². The molecule has 0 heterocycles. The molecule has 1 aliphatic rings. The van der Waals surface area contributed by atoms with E-state index in [1.54, 1.807) is 0 Å². The van der Waals surface area contributed by atoms with Crippen molar-refractivity contribution in [2.24, 2.45) is 11.8 Å². The van der Waals surface area contributed by atoms with Crippen LogP contribution >= 0.6 is 0 Å². The van der Waals surface area contributed by atoms with E-state index < -0.39 is 15.8 Å². The molecule has 1 saturated carbocycles. The Labute approximate surface area is 126 Å². The summed E-state index contributed by atoms with van der Waals surface area (Å²) in [4.78, 5) is -0.181. The minimum Gasteiger partial charge on any atom is -0.398 e. The average molecular weight is 314 g/mol. The number of nitrogen functional groups attached to an aromatic ring is 1. The van der Waals surface area contributed by atoms with Gasteiger partial charge in [0.25, 0.3) is 0 Å². The molecule has 4 nitrogen and oxygen atoms in total. The fourth-order valence-electron chi connectivity index (χ4n) is 3.04. The summed E-state index contributed by atoms with van der Waals surface area (Å²) in [6.45, 7) is 2.61. The van der Waals surface area contributed by atoms with Crippen molar-refractivity contribution in [2.45, 2.75) is 43.9 Å². The lowest BCUT2D eigenvalue weighted by molar-refractivity contribution is 0.271. The zero-order chi connectivity index (χ0) is 15.5. The Kier molecular flexibility index (Phi) is 5.22. The van der Waals surface area contributed by atoms with Crippen LogP contribution < -0.4 is 10.5 Å². The SMILES string of the molecule is CC1CCCC(CCNS(=O)(=O)c2cc(F)ccc2N)C1. The van der Waals surface area contributed by atoms with E-state index in [-0.39, 0.29) is 10.6 Å². The van der Waals surface area contributed by atoms with E-state index in [2.05, 4.69) is 11.6 Å². The molecule has 6 heteroatoms. The summed E-state index contributed by atoms with van der Waals surface area (Å²) in [6, 6.07) is 3.38. The number of nitrogens with one attached hydrogen (secondary N) is 1. The van der Waals surface area contributed by atoms with Gasteiger partial charge in [-0.15, -0.1) is 0 Å². The van der Waals surface area contributed by atoms with Crippen molar-refractivity contribution in [3.05, 3.63) is 24.0 Å². The van der Waals surface area contributed by atoms with Crippen molar-refractivity contribution < 1.29 is 12.8 Å². The maximum atomic E-state index is 13.2. The molecule has 2 atom stereocenters. The Hall–Kier alpha value is -1.14.